The first-order valence-electron chi connectivity index (χ1n) is 10.5. The maximum absolute atomic E-state index is 11.9. The Labute approximate surface area is 210 Å². The van der Waals surface area contributed by atoms with Crippen molar-refractivity contribution in [2.45, 2.75) is 58.3 Å². The zero-order valence-corrected chi connectivity index (χ0v) is 20.6. The number of non-ortho nitro benzene ring substituents is 1. The molecule has 0 unspecified atom stereocenters. The molecule has 0 amide bonds. The third kappa shape index (κ3) is 8.42. The lowest BCUT2D eigenvalue weighted by Crippen LogP contribution is -2.66. The monoisotopic (exact) mass is 527 g/mol. The third-order valence-corrected chi connectivity index (χ3v) is 4.82. The average Bonchev–Trinajstić information content (AvgIpc) is 2.76. The lowest BCUT2D eigenvalue weighted by molar-refractivity contribution is -0.384. The lowest BCUT2D eigenvalue weighted by atomic mass is 9.97. The topological polar surface area (TPSA) is 182 Å². The zero-order valence-electron chi connectivity index (χ0n) is 19.7. The Bertz CT molecular complexity index is 1020. The van der Waals surface area contributed by atoms with Gasteiger partial charge in [-0.15, -0.1) is 0 Å². The van der Waals surface area contributed by atoms with E-state index in [9.17, 15) is 29.3 Å². The van der Waals surface area contributed by atoms with E-state index < -0.39 is 66.1 Å². The summed E-state index contributed by atoms with van der Waals surface area (Å²) in [4.78, 5) is 57.1. The molecule has 0 aromatic heterocycles. The summed E-state index contributed by atoms with van der Waals surface area (Å²) in [6, 6.07) is 5.36. The van der Waals surface area contributed by atoms with Gasteiger partial charge in [0.25, 0.3) is 5.69 Å². The Kier molecular flexibility index (Phi) is 10.0. The van der Waals surface area contributed by atoms with Gasteiger partial charge in [0.1, 0.15) is 12.7 Å². The number of hydrogen-bond donors (Lipinski definition) is 2. The fourth-order valence-corrected chi connectivity index (χ4v) is 3.54. The summed E-state index contributed by atoms with van der Waals surface area (Å²) in [5, 5.41) is 16.3. The van der Waals surface area contributed by atoms with E-state index in [-0.39, 0.29) is 10.8 Å². The highest BCUT2D eigenvalue weighted by atomic mass is 32.1. The number of nitrogens with zero attached hydrogens (tertiary/aromatic N) is 1. The zero-order chi connectivity index (χ0) is 27.0. The third-order valence-electron chi connectivity index (χ3n) is 4.60. The number of nitro groups is 1. The molecular weight excluding hydrogens is 502 g/mol. The van der Waals surface area contributed by atoms with Gasteiger partial charge in [0, 0.05) is 45.5 Å². The van der Waals surface area contributed by atoms with Crippen LogP contribution in [0.4, 0.5) is 11.4 Å². The fourth-order valence-electron chi connectivity index (χ4n) is 3.31. The quantitative estimate of drug-likeness (QED) is 0.160. The van der Waals surface area contributed by atoms with E-state index in [0.717, 1.165) is 27.7 Å². The number of carbonyl (C=O) groups is 4. The summed E-state index contributed by atoms with van der Waals surface area (Å²) < 4.78 is 26.8. The van der Waals surface area contributed by atoms with Crippen LogP contribution in [-0.4, -0.2) is 71.2 Å². The van der Waals surface area contributed by atoms with Crippen LogP contribution in [0, 0.1) is 10.1 Å². The Morgan fingerprint density at radius 2 is 1.44 bits per heavy atom. The molecule has 1 aromatic carbocycles. The summed E-state index contributed by atoms with van der Waals surface area (Å²) in [6.07, 6.45) is -6.41. The van der Waals surface area contributed by atoms with Crippen molar-refractivity contribution in [3.8, 4) is 0 Å². The number of benzene rings is 1. The molecule has 1 aromatic rings. The van der Waals surface area contributed by atoms with Crippen LogP contribution in [0.1, 0.15) is 27.7 Å². The number of carbonyl (C=O) groups excluding carboxylic acids is 4. The smallest absolute Gasteiger partial charge is 0.303 e. The SMILES string of the molecule is CC(=O)OC[C@H]1O[C@@H](NC(=S)Nc2ccc([N+](=O)[O-])cc2)[C@H](OC(C)=O)[C@@H](OC(C)=O)[C@@H]1OC(C)=O. The average molecular weight is 528 g/mol. The number of hydrogen-bond acceptors (Lipinski definition) is 12. The van der Waals surface area contributed by atoms with Crippen LogP contribution < -0.4 is 10.6 Å². The van der Waals surface area contributed by atoms with Crippen LogP contribution in [0.2, 0.25) is 0 Å². The van der Waals surface area contributed by atoms with Gasteiger partial charge in [-0.25, -0.2) is 0 Å². The first-order valence-corrected chi connectivity index (χ1v) is 10.9. The number of nitrogens with one attached hydrogen (secondary N) is 2. The summed E-state index contributed by atoms with van der Waals surface area (Å²) in [6.45, 7) is 4.10. The molecule has 5 atom stereocenters. The second-order valence-electron chi connectivity index (χ2n) is 7.52. The molecule has 0 radical (unpaired) electrons. The molecule has 0 spiro atoms. The van der Waals surface area contributed by atoms with Gasteiger partial charge in [-0.1, -0.05) is 0 Å². The molecule has 196 valence electrons. The molecule has 14 nitrogen and oxygen atoms in total. The second-order valence-corrected chi connectivity index (χ2v) is 7.93. The molecule has 1 aliphatic heterocycles. The van der Waals surface area contributed by atoms with Crippen LogP contribution in [0.15, 0.2) is 24.3 Å². The van der Waals surface area contributed by atoms with E-state index in [1.54, 1.807) is 0 Å². The minimum atomic E-state index is -1.36. The van der Waals surface area contributed by atoms with Gasteiger partial charge < -0.3 is 34.3 Å². The minimum absolute atomic E-state index is 0.0512. The van der Waals surface area contributed by atoms with Crippen LogP contribution in [0.3, 0.4) is 0 Å². The Hall–Kier alpha value is -3.85. The van der Waals surface area contributed by atoms with Crippen molar-refractivity contribution in [2.75, 3.05) is 11.9 Å². The number of rotatable bonds is 8. The summed E-state index contributed by atoms with van der Waals surface area (Å²) in [5.41, 5.74) is 0.266. The fraction of sp³-hybridized carbons (Fsp3) is 0.476. The van der Waals surface area contributed by atoms with Crippen molar-refractivity contribution in [2.24, 2.45) is 0 Å². The Balaban J connectivity index is 2.33. The van der Waals surface area contributed by atoms with Gasteiger partial charge in [0.15, 0.2) is 29.7 Å². The molecule has 36 heavy (non-hydrogen) atoms. The molecule has 1 saturated heterocycles. The molecule has 0 saturated carbocycles. The molecule has 1 aliphatic rings. The normalized spacial score (nSPS) is 22.9. The minimum Gasteiger partial charge on any atom is -0.463 e. The van der Waals surface area contributed by atoms with Crippen LogP contribution in [0.5, 0.6) is 0 Å². The van der Waals surface area contributed by atoms with Crippen molar-refractivity contribution in [1.29, 1.82) is 0 Å². The van der Waals surface area contributed by atoms with Crippen molar-refractivity contribution in [3.05, 3.63) is 34.4 Å². The molecular formula is C21H25N3O11S. The summed E-state index contributed by atoms with van der Waals surface area (Å²) >= 11 is 5.28. The molecule has 0 bridgehead atoms. The second kappa shape index (κ2) is 12.7. The molecule has 1 fully saturated rings. The van der Waals surface area contributed by atoms with Gasteiger partial charge in [0.05, 0.1) is 4.92 Å². The van der Waals surface area contributed by atoms with E-state index in [1.807, 2.05) is 0 Å². The molecule has 2 N–H and O–H groups in total. The highest BCUT2D eigenvalue weighted by Gasteiger charge is 2.52. The van der Waals surface area contributed by atoms with Gasteiger partial charge in [-0.2, -0.15) is 0 Å². The van der Waals surface area contributed by atoms with Crippen LogP contribution >= 0.6 is 12.2 Å². The van der Waals surface area contributed by atoms with E-state index in [1.165, 1.54) is 24.3 Å². The number of ether oxygens (including phenoxy) is 5. The van der Waals surface area contributed by atoms with Gasteiger partial charge in [0.2, 0.25) is 0 Å². The van der Waals surface area contributed by atoms with Crippen molar-refractivity contribution < 1.29 is 47.8 Å². The van der Waals surface area contributed by atoms with Crippen molar-refractivity contribution in [1.82, 2.24) is 5.32 Å². The van der Waals surface area contributed by atoms with Crippen LogP contribution in [0.25, 0.3) is 0 Å². The van der Waals surface area contributed by atoms with Crippen LogP contribution in [-0.2, 0) is 42.9 Å². The number of esters is 4. The summed E-state index contributed by atoms with van der Waals surface area (Å²) in [5.74, 6) is -2.93. The van der Waals surface area contributed by atoms with E-state index in [4.69, 9.17) is 35.9 Å². The van der Waals surface area contributed by atoms with Crippen molar-refractivity contribution in [3.63, 3.8) is 0 Å². The highest BCUT2D eigenvalue weighted by molar-refractivity contribution is 7.80. The first kappa shape index (κ1) is 28.4. The highest BCUT2D eigenvalue weighted by Crippen LogP contribution is 2.28. The lowest BCUT2D eigenvalue weighted by Gasteiger charge is -2.44. The standard InChI is InChI=1S/C21H25N3O11S/c1-10(25)31-9-16-17(32-11(2)26)18(33-12(3)27)19(34-13(4)28)20(35-16)23-21(36)22-14-5-7-15(8-6-14)24(29)30/h5-8,16-20H,9H2,1-4H3,(H2,22,23,36)/t16-,17-,18+,19-,20-/m1/s1. The first-order chi connectivity index (χ1) is 16.9. The van der Waals surface area contributed by atoms with Crippen molar-refractivity contribution >= 4 is 52.6 Å². The predicted octanol–water partition coefficient (Wildman–Crippen LogP) is 0.964. The van der Waals surface area contributed by atoms with Gasteiger partial charge in [-0.05, 0) is 24.4 Å². The Morgan fingerprint density at radius 1 is 0.917 bits per heavy atom. The molecule has 2 rings (SSSR count). The summed E-state index contributed by atoms with van der Waals surface area (Å²) in [7, 11) is 0. The molecule has 15 heteroatoms. The maximum atomic E-state index is 11.9. The number of nitro benzene ring substituents is 1. The Morgan fingerprint density at radius 3 is 1.94 bits per heavy atom. The van der Waals surface area contributed by atoms with Gasteiger partial charge in [-0.3, -0.25) is 29.3 Å². The maximum Gasteiger partial charge on any atom is 0.303 e. The molecule has 1 heterocycles. The largest absolute Gasteiger partial charge is 0.463 e. The number of anilines is 1. The van der Waals surface area contributed by atoms with E-state index in [0.29, 0.717) is 5.69 Å². The van der Waals surface area contributed by atoms with E-state index in [2.05, 4.69) is 10.6 Å². The molecule has 0 aliphatic carbocycles. The van der Waals surface area contributed by atoms with Gasteiger partial charge >= 0.3 is 23.9 Å². The van der Waals surface area contributed by atoms with E-state index >= 15 is 0 Å². The number of thiocarbonyl (C=S) groups is 1. The predicted molar refractivity (Wildman–Crippen MR) is 124 cm³/mol.